The van der Waals surface area contributed by atoms with Crippen molar-refractivity contribution in [3.05, 3.63) is 0 Å². The fourth-order valence-electron chi connectivity index (χ4n) is 2.59. The molecule has 0 amide bonds. The molecular formula is C11H20N2O2. The molecule has 3 atom stereocenters. The first-order chi connectivity index (χ1) is 7.09. The molecule has 2 rings (SSSR count). The molecular weight excluding hydrogens is 192 g/mol. The zero-order valence-corrected chi connectivity index (χ0v) is 9.52. The maximum absolute atomic E-state index is 10.9. The van der Waals surface area contributed by atoms with Gasteiger partial charge in [-0.3, -0.25) is 9.69 Å². The first-order valence-electron chi connectivity index (χ1n) is 5.76. The van der Waals surface area contributed by atoms with Crippen LogP contribution in [0.1, 0.15) is 19.8 Å². The number of carboxylic acid groups (broad SMARTS) is 1. The van der Waals surface area contributed by atoms with Crippen molar-refractivity contribution in [2.75, 3.05) is 26.7 Å². The Hall–Kier alpha value is -0.610. The van der Waals surface area contributed by atoms with E-state index in [1.807, 2.05) is 0 Å². The Bertz CT molecular complexity index is 257. The van der Waals surface area contributed by atoms with Crippen molar-refractivity contribution in [1.29, 1.82) is 0 Å². The zero-order valence-electron chi connectivity index (χ0n) is 9.52. The highest BCUT2D eigenvalue weighted by atomic mass is 16.4. The van der Waals surface area contributed by atoms with E-state index in [9.17, 15) is 4.79 Å². The smallest absolute Gasteiger partial charge is 0.308 e. The average molecular weight is 212 g/mol. The molecule has 1 aliphatic carbocycles. The molecule has 86 valence electrons. The second-order valence-electron chi connectivity index (χ2n) is 4.91. The summed E-state index contributed by atoms with van der Waals surface area (Å²) in [5, 5.41) is 9.02. The molecule has 0 bridgehead atoms. The van der Waals surface area contributed by atoms with E-state index in [2.05, 4.69) is 23.8 Å². The Kier molecular flexibility index (Phi) is 2.98. The van der Waals surface area contributed by atoms with E-state index in [1.54, 1.807) is 0 Å². The largest absolute Gasteiger partial charge is 0.481 e. The van der Waals surface area contributed by atoms with Crippen LogP contribution in [-0.2, 0) is 4.79 Å². The SMILES string of the molecule is CC1CN(C2CCC2C(=O)O)CCN1C. The highest BCUT2D eigenvalue weighted by Crippen LogP contribution is 2.33. The predicted molar refractivity (Wildman–Crippen MR) is 57.8 cm³/mol. The molecule has 0 aromatic rings. The monoisotopic (exact) mass is 212 g/mol. The molecule has 2 aliphatic rings. The second-order valence-corrected chi connectivity index (χ2v) is 4.91. The van der Waals surface area contributed by atoms with Gasteiger partial charge < -0.3 is 10.0 Å². The summed E-state index contributed by atoms with van der Waals surface area (Å²) < 4.78 is 0. The molecule has 0 aromatic carbocycles. The van der Waals surface area contributed by atoms with Crippen LogP contribution in [0.25, 0.3) is 0 Å². The van der Waals surface area contributed by atoms with Gasteiger partial charge in [0.2, 0.25) is 0 Å². The summed E-state index contributed by atoms with van der Waals surface area (Å²) in [6, 6.07) is 0.854. The minimum absolute atomic E-state index is 0.111. The van der Waals surface area contributed by atoms with Crippen molar-refractivity contribution in [2.24, 2.45) is 5.92 Å². The predicted octanol–water partition coefficient (Wildman–Crippen LogP) is 0.486. The Morgan fingerprint density at radius 3 is 2.53 bits per heavy atom. The number of hydrogen-bond donors (Lipinski definition) is 1. The van der Waals surface area contributed by atoms with Crippen LogP contribution in [0.5, 0.6) is 0 Å². The van der Waals surface area contributed by atoms with Gasteiger partial charge in [0.05, 0.1) is 5.92 Å². The van der Waals surface area contributed by atoms with Crippen LogP contribution >= 0.6 is 0 Å². The lowest BCUT2D eigenvalue weighted by Crippen LogP contribution is -2.58. The topological polar surface area (TPSA) is 43.8 Å². The lowest BCUT2D eigenvalue weighted by atomic mass is 9.78. The summed E-state index contributed by atoms with van der Waals surface area (Å²) in [5.41, 5.74) is 0. The number of likely N-dealkylation sites (N-methyl/N-ethyl adjacent to an activating group) is 1. The number of aliphatic carboxylic acids is 1. The molecule has 0 aromatic heterocycles. The third-order valence-electron chi connectivity index (χ3n) is 4.02. The summed E-state index contributed by atoms with van der Waals surface area (Å²) in [6.45, 7) is 5.31. The van der Waals surface area contributed by atoms with E-state index in [1.165, 1.54) is 0 Å². The van der Waals surface area contributed by atoms with Crippen LogP contribution in [0.2, 0.25) is 0 Å². The van der Waals surface area contributed by atoms with Crippen LogP contribution < -0.4 is 0 Å². The normalized spacial score (nSPS) is 38.7. The molecule has 1 N–H and O–H groups in total. The van der Waals surface area contributed by atoms with Gasteiger partial charge in [0.15, 0.2) is 0 Å². The van der Waals surface area contributed by atoms with Gasteiger partial charge in [-0.1, -0.05) is 0 Å². The summed E-state index contributed by atoms with van der Waals surface area (Å²) in [5.74, 6) is -0.724. The van der Waals surface area contributed by atoms with E-state index >= 15 is 0 Å². The Balaban J connectivity index is 1.92. The maximum Gasteiger partial charge on any atom is 0.308 e. The van der Waals surface area contributed by atoms with Gasteiger partial charge in [-0.2, -0.15) is 0 Å². The molecule has 1 heterocycles. The Morgan fingerprint density at radius 2 is 2.07 bits per heavy atom. The minimum atomic E-state index is -0.613. The molecule has 0 spiro atoms. The van der Waals surface area contributed by atoms with Gasteiger partial charge >= 0.3 is 5.97 Å². The van der Waals surface area contributed by atoms with Crippen molar-refractivity contribution < 1.29 is 9.90 Å². The summed E-state index contributed by atoms with van der Waals surface area (Å²) >= 11 is 0. The third kappa shape index (κ3) is 2.01. The molecule has 3 unspecified atom stereocenters. The zero-order chi connectivity index (χ0) is 11.0. The summed E-state index contributed by atoms with van der Waals surface area (Å²) in [7, 11) is 2.14. The third-order valence-corrected chi connectivity index (χ3v) is 4.02. The van der Waals surface area contributed by atoms with Gasteiger partial charge in [-0.15, -0.1) is 0 Å². The number of carboxylic acids is 1. The number of rotatable bonds is 2. The van der Waals surface area contributed by atoms with Crippen molar-refractivity contribution >= 4 is 5.97 Å². The van der Waals surface area contributed by atoms with Crippen LogP contribution in [0.4, 0.5) is 0 Å². The second kappa shape index (κ2) is 4.10. The first kappa shape index (κ1) is 10.9. The molecule has 4 heteroatoms. The van der Waals surface area contributed by atoms with Gasteiger partial charge in [0.25, 0.3) is 0 Å². The standard InChI is InChI=1S/C11H20N2O2/c1-8-7-13(6-5-12(8)2)10-4-3-9(10)11(14)15/h8-10H,3-7H2,1-2H3,(H,14,15). The minimum Gasteiger partial charge on any atom is -0.481 e. The molecule has 4 nitrogen and oxygen atoms in total. The fraction of sp³-hybridized carbons (Fsp3) is 0.909. The van der Waals surface area contributed by atoms with E-state index in [4.69, 9.17) is 5.11 Å². The van der Waals surface area contributed by atoms with Crippen molar-refractivity contribution in [3.63, 3.8) is 0 Å². The van der Waals surface area contributed by atoms with E-state index in [0.717, 1.165) is 32.5 Å². The lowest BCUT2D eigenvalue weighted by Gasteiger charge is -2.47. The van der Waals surface area contributed by atoms with Gasteiger partial charge in [-0.25, -0.2) is 0 Å². The average Bonchev–Trinajstić information content (AvgIpc) is 2.08. The van der Waals surface area contributed by atoms with Crippen molar-refractivity contribution in [2.45, 2.75) is 31.8 Å². The number of piperazine rings is 1. The quantitative estimate of drug-likeness (QED) is 0.723. The van der Waals surface area contributed by atoms with Crippen molar-refractivity contribution in [1.82, 2.24) is 9.80 Å². The molecule has 1 saturated heterocycles. The Labute approximate surface area is 90.9 Å². The van der Waals surface area contributed by atoms with Crippen LogP contribution in [0.3, 0.4) is 0 Å². The number of carbonyl (C=O) groups is 1. The van der Waals surface area contributed by atoms with E-state index < -0.39 is 5.97 Å². The first-order valence-corrected chi connectivity index (χ1v) is 5.76. The highest BCUT2D eigenvalue weighted by molar-refractivity contribution is 5.72. The maximum atomic E-state index is 10.9. The molecule has 0 radical (unpaired) electrons. The van der Waals surface area contributed by atoms with Gasteiger partial charge in [0, 0.05) is 31.7 Å². The Morgan fingerprint density at radius 1 is 1.33 bits per heavy atom. The lowest BCUT2D eigenvalue weighted by molar-refractivity contribution is -0.149. The van der Waals surface area contributed by atoms with Crippen LogP contribution in [-0.4, -0.2) is 59.6 Å². The molecule has 1 aliphatic heterocycles. The summed E-state index contributed by atoms with van der Waals surface area (Å²) in [4.78, 5) is 15.6. The molecule has 15 heavy (non-hydrogen) atoms. The van der Waals surface area contributed by atoms with Gasteiger partial charge in [-0.05, 0) is 26.8 Å². The van der Waals surface area contributed by atoms with Crippen molar-refractivity contribution in [3.8, 4) is 0 Å². The number of hydrogen-bond acceptors (Lipinski definition) is 3. The summed E-state index contributed by atoms with van der Waals surface area (Å²) in [6.07, 6.45) is 1.92. The fourth-order valence-corrected chi connectivity index (χ4v) is 2.59. The van der Waals surface area contributed by atoms with E-state index in [0.29, 0.717) is 12.1 Å². The van der Waals surface area contributed by atoms with Crippen LogP contribution in [0.15, 0.2) is 0 Å². The van der Waals surface area contributed by atoms with Crippen LogP contribution in [0, 0.1) is 5.92 Å². The van der Waals surface area contributed by atoms with Gasteiger partial charge in [0.1, 0.15) is 0 Å². The molecule has 1 saturated carbocycles. The molecule has 2 fully saturated rings. The number of nitrogens with zero attached hydrogens (tertiary/aromatic N) is 2. The highest BCUT2D eigenvalue weighted by Gasteiger charge is 2.41. The van der Waals surface area contributed by atoms with E-state index in [-0.39, 0.29) is 5.92 Å².